The van der Waals surface area contributed by atoms with E-state index in [2.05, 4.69) is 4.98 Å². The Hall–Kier alpha value is -1.88. The molecule has 0 aliphatic heterocycles. The van der Waals surface area contributed by atoms with E-state index in [1.54, 1.807) is 35.9 Å². The summed E-state index contributed by atoms with van der Waals surface area (Å²) in [4.78, 5) is 15.5. The van der Waals surface area contributed by atoms with Gasteiger partial charge in [0.25, 0.3) is 0 Å². The van der Waals surface area contributed by atoms with Gasteiger partial charge in [0.1, 0.15) is 5.75 Å². The van der Waals surface area contributed by atoms with Gasteiger partial charge in [0, 0.05) is 12.6 Å². The van der Waals surface area contributed by atoms with E-state index in [-0.39, 0.29) is 12.1 Å². The minimum absolute atomic E-state index is 0.0300. The van der Waals surface area contributed by atoms with Gasteiger partial charge in [-0.25, -0.2) is 0 Å². The molecule has 0 amide bonds. The number of carbonyl (C=O) groups excluding carboxylic acids is 1. The molecule has 1 aromatic heterocycles. The summed E-state index contributed by atoms with van der Waals surface area (Å²) in [5.74, 6) is 0.170. The predicted octanol–water partition coefficient (Wildman–Crippen LogP) is 3.86. The van der Waals surface area contributed by atoms with E-state index in [9.17, 15) is 4.79 Å². The Kier molecular flexibility index (Phi) is 6.73. The first-order valence-corrected chi connectivity index (χ1v) is 7.28. The zero-order valence-electron chi connectivity index (χ0n) is 11.9. The van der Waals surface area contributed by atoms with E-state index in [1.807, 2.05) is 32.2 Å². The molecule has 0 bridgehead atoms. The first-order valence-electron chi connectivity index (χ1n) is 6.40. The van der Waals surface area contributed by atoms with Crippen LogP contribution in [0.25, 0.3) is 10.4 Å². The lowest BCUT2D eigenvalue weighted by Crippen LogP contribution is -2.09. The Bertz CT molecular complexity index is 506. The first kappa shape index (κ1) is 16.2. The minimum Gasteiger partial charge on any atom is -0.508 e. The van der Waals surface area contributed by atoms with E-state index >= 15 is 0 Å². The highest BCUT2D eigenvalue weighted by Crippen LogP contribution is 2.24. The van der Waals surface area contributed by atoms with Crippen molar-refractivity contribution in [2.75, 3.05) is 0 Å². The number of benzene rings is 1. The minimum atomic E-state index is -0.125. The van der Waals surface area contributed by atoms with E-state index in [4.69, 9.17) is 9.84 Å². The summed E-state index contributed by atoms with van der Waals surface area (Å²) in [5, 5.41) is 9.04. The molecule has 20 heavy (non-hydrogen) atoms. The van der Waals surface area contributed by atoms with Crippen molar-refractivity contribution in [3.63, 3.8) is 0 Å². The van der Waals surface area contributed by atoms with Crippen molar-refractivity contribution in [1.82, 2.24) is 4.98 Å². The summed E-state index contributed by atoms with van der Waals surface area (Å²) in [7, 11) is 0. The Morgan fingerprint density at radius 3 is 2.40 bits per heavy atom. The number of ether oxygens (including phenoxy) is 1. The molecule has 0 spiro atoms. The summed E-state index contributed by atoms with van der Waals surface area (Å²) in [6.07, 6.45) is 2.32. The molecular weight excluding hydrogens is 274 g/mol. The molecule has 0 fully saturated rings. The molecule has 1 heterocycles. The zero-order chi connectivity index (χ0) is 15.0. The SMILES string of the molecule is CCC(=O)OC(C)C.Oc1ccc(-c2cncs2)cc1. The summed E-state index contributed by atoms with van der Waals surface area (Å²) in [5.41, 5.74) is 2.89. The molecule has 0 unspecified atom stereocenters. The number of carbonyl (C=O) groups is 1. The molecule has 0 radical (unpaired) electrons. The van der Waals surface area contributed by atoms with E-state index in [0.29, 0.717) is 12.2 Å². The van der Waals surface area contributed by atoms with Gasteiger partial charge in [-0.05, 0) is 43.7 Å². The second kappa shape index (κ2) is 8.32. The van der Waals surface area contributed by atoms with Crippen molar-refractivity contribution in [2.45, 2.75) is 33.3 Å². The van der Waals surface area contributed by atoms with Crippen LogP contribution in [0.15, 0.2) is 36.0 Å². The fraction of sp³-hybridized carbons (Fsp3) is 0.333. The molecule has 108 valence electrons. The summed E-state index contributed by atoms with van der Waals surface area (Å²) < 4.78 is 4.76. The van der Waals surface area contributed by atoms with Gasteiger partial charge in [-0.3, -0.25) is 9.78 Å². The van der Waals surface area contributed by atoms with Crippen molar-refractivity contribution in [1.29, 1.82) is 0 Å². The van der Waals surface area contributed by atoms with Crippen LogP contribution in [-0.2, 0) is 9.53 Å². The molecule has 4 nitrogen and oxygen atoms in total. The number of hydrogen-bond acceptors (Lipinski definition) is 5. The molecule has 1 N–H and O–H groups in total. The number of aromatic hydroxyl groups is 1. The number of rotatable bonds is 3. The first-order chi connectivity index (χ1) is 9.52. The molecule has 0 saturated carbocycles. The molecule has 1 aromatic carbocycles. The lowest BCUT2D eigenvalue weighted by atomic mass is 10.2. The number of nitrogens with zero attached hydrogens (tertiary/aromatic N) is 1. The largest absolute Gasteiger partial charge is 0.508 e. The second-order valence-corrected chi connectivity index (χ2v) is 5.19. The maximum Gasteiger partial charge on any atom is 0.305 e. The van der Waals surface area contributed by atoms with Gasteiger partial charge in [0.05, 0.1) is 16.5 Å². The zero-order valence-corrected chi connectivity index (χ0v) is 12.7. The van der Waals surface area contributed by atoms with Crippen molar-refractivity contribution in [2.24, 2.45) is 0 Å². The topological polar surface area (TPSA) is 59.4 Å². The Balaban J connectivity index is 0.000000221. The van der Waals surface area contributed by atoms with Crippen LogP contribution < -0.4 is 0 Å². The van der Waals surface area contributed by atoms with Crippen molar-refractivity contribution >= 4 is 17.3 Å². The molecule has 2 aromatic rings. The van der Waals surface area contributed by atoms with Crippen LogP contribution in [0.4, 0.5) is 0 Å². The van der Waals surface area contributed by atoms with Crippen LogP contribution in [0.2, 0.25) is 0 Å². The fourth-order valence-electron chi connectivity index (χ4n) is 1.33. The van der Waals surface area contributed by atoms with Gasteiger partial charge in [-0.1, -0.05) is 6.92 Å². The average molecular weight is 293 g/mol. The number of phenolic OH excluding ortho intramolecular Hbond substituents is 1. The second-order valence-electron chi connectivity index (χ2n) is 4.30. The third-order valence-corrected chi connectivity index (χ3v) is 3.06. The smallest absolute Gasteiger partial charge is 0.305 e. The molecule has 2 rings (SSSR count). The Labute approximate surface area is 123 Å². The summed E-state index contributed by atoms with van der Waals surface area (Å²) >= 11 is 1.59. The molecule has 0 atom stereocenters. The van der Waals surface area contributed by atoms with E-state index in [0.717, 1.165) is 10.4 Å². The molecule has 0 saturated heterocycles. The Morgan fingerprint density at radius 1 is 1.35 bits per heavy atom. The van der Waals surface area contributed by atoms with Crippen molar-refractivity contribution in [3.8, 4) is 16.2 Å². The quantitative estimate of drug-likeness (QED) is 0.873. The van der Waals surface area contributed by atoms with Gasteiger partial charge in [-0.15, -0.1) is 11.3 Å². The van der Waals surface area contributed by atoms with Gasteiger partial charge < -0.3 is 9.84 Å². The number of hydrogen-bond donors (Lipinski definition) is 1. The lowest BCUT2D eigenvalue weighted by molar-refractivity contribution is -0.146. The molecule has 5 heteroatoms. The normalized spacial score (nSPS) is 9.80. The van der Waals surface area contributed by atoms with Gasteiger partial charge in [0.15, 0.2) is 0 Å². The molecular formula is C15H19NO3S. The summed E-state index contributed by atoms with van der Waals surface area (Å²) in [6.45, 7) is 5.46. The molecule has 0 aliphatic carbocycles. The lowest BCUT2D eigenvalue weighted by Gasteiger charge is -2.04. The van der Waals surface area contributed by atoms with Gasteiger partial charge in [-0.2, -0.15) is 0 Å². The highest BCUT2D eigenvalue weighted by atomic mass is 32.1. The van der Waals surface area contributed by atoms with Gasteiger partial charge >= 0.3 is 5.97 Å². The van der Waals surface area contributed by atoms with E-state index in [1.165, 1.54) is 0 Å². The van der Waals surface area contributed by atoms with Crippen molar-refractivity contribution in [3.05, 3.63) is 36.0 Å². The van der Waals surface area contributed by atoms with Crippen LogP contribution in [-0.4, -0.2) is 22.2 Å². The standard InChI is InChI=1S/C9H7NOS.C6H12O2/c11-8-3-1-7(2-4-8)9-5-10-6-12-9;1-4-6(7)8-5(2)3/h1-6,11H;5H,4H2,1-3H3. The van der Waals surface area contributed by atoms with Crippen LogP contribution in [0, 0.1) is 0 Å². The predicted molar refractivity (Wildman–Crippen MR) is 80.7 cm³/mol. The third kappa shape index (κ3) is 5.84. The van der Waals surface area contributed by atoms with Crippen LogP contribution in [0.3, 0.4) is 0 Å². The number of phenols is 1. The number of thiazole rings is 1. The Morgan fingerprint density at radius 2 is 2.00 bits per heavy atom. The third-order valence-electron chi connectivity index (χ3n) is 2.24. The maximum atomic E-state index is 10.4. The van der Waals surface area contributed by atoms with Crippen molar-refractivity contribution < 1.29 is 14.6 Å². The maximum absolute atomic E-state index is 10.4. The fourth-order valence-corrected chi connectivity index (χ4v) is 1.96. The number of esters is 1. The highest BCUT2D eigenvalue weighted by molar-refractivity contribution is 7.13. The average Bonchev–Trinajstić information content (AvgIpc) is 2.93. The monoisotopic (exact) mass is 293 g/mol. The van der Waals surface area contributed by atoms with Crippen LogP contribution in [0.1, 0.15) is 27.2 Å². The molecule has 0 aliphatic rings. The van der Waals surface area contributed by atoms with Crippen LogP contribution >= 0.6 is 11.3 Å². The van der Waals surface area contributed by atoms with Crippen LogP contribution in [0.5, 0.6) is 5.75 Å². The van der Waals surface area contributed by atoms with E-state index < -0.39 is 0 Å². The highest BCUT2D eigenvalue weighted by Gasteiger charge is 1.99. The number of aromatic nitrogens is 1. The van der Waals surface area contributed by atoms with Gasteiger partial charge in [0.2, 0.25) is 0 Å². The summed E-state index contributed by atoms with van der Waals surface area (Å²) in [6, 6.07) is 7.11.